The van der Waals surface area contributed by atoms with Crippen molar-refractivity contribution in [3.63, 3.8) is 0 Å². The highest BCUT2D eigenvalue weighted by atomic mass is 16.5. The number of aromatic amines is 1. The molecule has 0 aliphatic rings. The van der Waals surface area contributed by atoms with Crippen molar-refractivity contribution in [2.75, 3.05) is 12.3 Å². The van der Waals surface area contributed by atoms with Gasteiger partial charge < -0.3 is 10.5 Å². The first kappa shape index (κ1) is 13.2. The third kappa shape index (κ3) is 2.35. The summed E-state index contributed by atoms with van der Waals surface area (Å²) in [5, 5.41) is 11.4. The summed E-state index contributed by atoms with van der Waals surface area (Å²) in [5.74, 6) is 1.45. The molecule has 108 valence electrons. The molecule has 6 heteroatoms. The predicted molar refractivity (Wildman–Crippen MR) is 81.8 cm³/mol. The minimum Gasteiger partial charge on any atom is -0.494 e. The van der Waals surface area contributed by atoms with Gasteiger partial charge in [-0.3, -0.25) is 9.78 Å². The van der Waals surface area contributed by atoms with Gasteiger partial charge in [0.2, 0.25) is 0 Å². The zero-order valence-corrected chi connectivity index (χ0v) is 12.0. The molecule has 6 nitrogen and oxygen atoms in total. The lowest BCUT2D eigenvalue weighted by atomic mass is 10.0. The Balaban J connectivity index is 2.09. The minimum atomic E-state index is 0.615. The summed E-state index contributed by atoms with van der Waals surface area (Å²) < 4.78 is 7.14. The number of aryl methyl sites for hydroxylation is 1. The van der Waals surface area contributed by atoms with Crippen LogP contribution in [0.1, 0.15) is 6.92 Å². The molecule has 3 N–H and O–H groups in total. The van der Waals surface area contributed by atoms with E-state index in [0.29, 0.717) is 12.4 Å². The molecule has 0 atom stereocenters. The molecule has 2 aromatic heterocycles. The van der Waals surface area contributed by atoms with E-state index in [-0.39, 0.29) is 0 Å². The van der Waals surface area contributed by atoms with E-state index < -0.39 is 0 Å². The second-order valence-electron chi connectivity index (χ2n) is 4.66. The van der Waals surface area contributed by atoms with E-state index in [1.165, 1.54) is 0 Å². The number of nitrogens with one attached hydrogen (secondary N) is 1. The Kier molecular flexibility index (Phi) is 3.35. The number of benzene rings is 1. The van der Waals surface area contributed by atoms with Gasteiger partial charge in [-0.25, -0.2) is 0 Å². The van der Waals surface area contributed by atoms with E-state index in [4.69, 9.17) is 10.5 Å². The van der Waals surface area contributed by atoms with Crippen LogP contribution in [-0.4, -0.2) is 26.6 Å². The lowest BCUT2D eigenvalue weighted by Gasteiger charge is -2.06. The van der Waals surface area contributed by atoms with E-state index in [0.717, 1.165) is 28.3 Å². The maximum absolute atomic E-state index is 6.17. The van der Waals surface area contributed by atoms with Gasteiger partial charge in [0.1, 0.15) is 17.3 Å². The Hall–Kier alpha value is -2.76. The second kappa shape index (κ2) is 5.32. The van der Waals surface area contributed by atoms with Crippen LogP contribution in [0.2, 0.25) is 0 Å². The Morgan fingerprint density at radius 3 is 2.62 bits per heavy atom. The molecule has 0 aliphatic heterocycles. The summed E-state index contributed by atoms with van der Waals surface area (Å²) in [6.07, 6.45) is 1.70. The van der Waals surface area contributed by atoms with Gasteiger partial charge in [-0.15, -0.1) is 0 Å². The van der Waals surface area contributed by atoms with E-state index in [9.17, 15) is 0 Å². The number of H-pyrrole nitrogens is 1. The second-order valence-corrected chi connectivity index (χ2v) is 4.66. The SMILES string of the molecule is CCOc1ccc(-c2c(-c3ccn[nH]3)nn(C)c2N)cc1. The zero-order chi connectivity index (χ0) is 14.8. The summed E-state index contributed by atoms with van der Waals surface area (Å²) in [6.45, 7) is 2.61. The summed E-state index contributed by atoms with van der Waals surface area (Å²) in [5.41, 5.74) is 9.69. The quantitative estimate of drug-likeness (QED) is 0.770. The zero-order valence-electron chi connectivity index (χ0n) is 12.0. The van der Waals surface area contributed by atoms with Gasteiger partial charge in [0.15, 0.2) is 0 Å². The summed E-state index contributed by atoms with van der Waals surface area (Å²) in [4.78, 5) is 0. The minimum absolute atomic E-state index is 0.615. The van der Waals surface area contributed by atoms with Crippen LogP contribution < -0.4 is 10.5 Å². The molecule has 0 bridgehead atoms. The molecule has 0 fully saturated rings. The normalized spacial score (nSPS) is 10.8. The molecule has 0 radical (unpaired) electrons. The van der Waals surface area contributed by atoms with Gasteiger partial charge in [-0.05, 0) is 30.7 Å². The van der Waals surface area contributed by atoms with Crippen LogP contribution in [0.15, 0.2) is 36.5 Å². The van der Waals surface area contributed by atoms with Crippen molar-refractivity contribution in [3.05, 3.63) is 36.5 Å². The van der Waals surface area contributed by atoms with Crippen molar-refractivity contribution >= 4 is 5.82 Å². The average Bonchev–Trinajstić information content (AvgIpc) is 3.10. The first-order valence-corrected chi connectivity index (χ1v) is 6.76. The highest BCUT2D eigenvalue weighted by Gasteiger charge is 2.18. The monoisotopic (exact) mass is 283 g/mol. The number of rotatable bonds is 4. The molecule has 0 saturated heterocycles. The summed E-state index contributed by atoms with van der Waals surface area (Å²) in [7, 11) is 1.83. The summed E-state index contributed by atoms with van der Waals surface area (Å²) in [6, 6.07) is 9.71. The molecule has 21 heavy (non-hydrogen) atoms. The van der Waals surface area contributed by atoms with Gasteiger partial charge in [-0.2, -0.15) is 10.2 Å². The molecule has 0 unspecified atom stereocenters. The van der Waals surface area contributed by atoms with Crippen LogP contribution in [0, 0.1) is 0 Å². The molecular weight excluding hydrogens is 266 g/mol. The van der Waals surface area contributed by atoms with Gasteiger partial charge in [0.25, 0.3) is 0 Å². The standard InChI is InChI=1S/C15H17N5O/c1-3-21-11-6-4-10(5-7-11)13-14(12-8-9-17-18-12)19-20(2)15(13)16/h4-9H,3,16H2,1-2H3,(H,17,18). The van der Waals surface area contributed by atoms with Crippen LogP contribution in [0.5, 0.6) is 5.75 Å². The molecule has 2 heterocycles. The fourth-order valence-electron chi connectivity index (χ4n) is 2.28. The number of hydrogen-bond donors (Lipinski definition) is 2. The van der Waals surface area contributed by atoms with Crippen LogP contribution in [0.3, 0.4) is 0 Å². The lowest BCUT2D eigenvalue weighted by molar-refractivity contribution is 0.340. The number of nitrogens with two attached hydrogens (primary N) is 1. The topological polar surface area (TPSA) is 81.8 Å². The molecule has 0 aliphatic carbocycles. The van der Waals surface area contributed by atoms with Crippen LogP contribution in [0.25, 0.3) is 22.5 Å². The first-order chi connectivity index (χ1) is 10.2. The van der Waals surface area contributed by atoms with Gasteiger partial charge in [-0.1, -0.05) is 12.1 Å². The van der Waals surface area contributed by atoms with Gasteiger partial charge >= 0.3 is 0 Å². The van der Waals surface area contributed by atoms with Crippen LogP contribution >= 0.6 is 0 Å². The third-order valence-corrected chi connectivity index (χ3v) is 3.30. The van der Waals surface area contributed by atoms with Gasteiger partial charge in [0.05, 0.1) is 17.9 Å². The van der Waals surface area contributed by atoms with Crippen molar-refractivity contribution in [3.8, 4) is 28.3 Å². The number of anilines is 1. The van der Waals surface area contributed by atoms with E-state index in [2.05, 4.69) is 15.3 Å². The Morgan fingerprint density at radius 1 is 1.24 bits per heavy atom. The van der Waals surface area contributed by atoms with Crippen LogP contribution in [0.4, 0.5) is 5.82 Å². The highest BCUT2D eigenvalue weighted by Crippen LogP contribution is 2.35. The molecule has 0 saturated carbocycles. The van der Waals surface area contributed by atoms with E-state index >= 15 is 0 Å². The predicted octanol–water partition coefficient (Wildman–Crippen LogP) is 2.46. The largest absolute Gasteiger partial charge is 0.494 e. The van der Waals surface area contributed by atoms with E-state index in [1.54, 1.807) is 10.9 Å². The number of hydrogen-bond acceptors (Lipinski definition) is 4. The maximum atomic E-state index is 6.17. The fraction of sp³-hybridized carbons (Fsp3) is 0.200. The highest BCUT2D eigenvalue weighted by molar-refractivity contribution is 5.87. The fourth-order valence-corrected chi connectivity index (χ4v) is 2.28. The molecule has 1 aromatic carbocycles. The lowest BCUT2D eigenvalue weighted by Crippen LogP contribution is -1.98. The van der Waals surface area contributed by atoms with Crippen molar-refractivity contribution < 1.29 is 4.74 Å². The first-order valence-electron chi connectivity index (χ1n) is 6.76. The van der Waals surface area contributed by atoms with Crippen molar-refractivity contribution in [1.82, 2.24) is 20.0 Å². The Labute approximate surface area is 122 Å². The van der Waals surface area contributed by atoms with Crippen molar-refractivity contribution in [1.29, 1.82) is 0 Å². The number of nitrogens with zero attached hydrogens (tertiary/aromatic N) is 3. The Morgan fingerprint density at radius 2 is 2.00 bits per heavy atom. The van der Waals surface area contributed by atoms with E-state index in [1.807, 2.05) is 44.3 Å². The number of ether oxygens (including phenoxy) is 1. The molecule has 0 amide bonds. The number of nitrogen functional groups attached to an aromatic ring is 1. The molecular formula is C15H17N5O. The smallest absolute Gasteiger partial charge is 0.129 e. The maximum Gasteiger partial charge on any atom is 0.129 e. The van der Waals surface area contributed by atoms with Crippen molar-refractivity contribution in [2.45, 2.75) is 6.92 Å². The molecule has 3 rings (SSSR count). The third-order valence-electron chi connectivity index (χ3n) is 3.30. The van der Waals surface area contributed by atoms with Gasteiger partial charge in [0, 0.05) is 13.2 Å². The summed E-state index contributed by atoms with van der Waals surface area (Å²) >= 11 is 0. The van der Waals surface area contributed by atoms with Crippen LogP contribution in [-0.2, 0) is 7.05 Å². The average molecular weight is 283 g/mol. The van der Waals surface area contributed by atoms with Crippen molar-refractivity contribution in [2.24, 2.45) is 7.05 Å². The number of aromatic nitrogens is 4. The molecule has 0 spiro atoms. The molecule has 3 aromatic rings. The Bertz CT molecular complexity index is 728.